The normalized spacial score (nSPS) is 11.7. The summed E-state index contributed by atoms with van der Waals surface area (Å²) < 4.78 is 0. The summed E-state index contributed by atoms with van der Waals surface area (Å²) in [4.78, 5) is 22.1. The number of carbonyl (C=O) groups excluding carboxylic acids is 2. The van der Waals surface area contributed by atoms with E-state index in [0.717, 1.165) is 5.56 Å². The van der Waals surface area contributed by atoms with Crippen molar-refractivity contribution < 1.29 is 9.59 Å². The average Bonchev–Trinajstić information content (AvgIpc) is 2.35. The van der Waals surface area contributed by atoms with Gasteiger partial charge in [-0.2, -0.15) is 0 Å². The van der Waals surface area contributed by atoms with Gasteiger partial charge < -0.3 is 22.1 Å². The zero-order valence-electron chi connectivity index (χ0n) is 11.0. The lowest BCUT2D eigenvalue weighted by Gasteiger charge is -2.08. The molecular formula is C13H20N4O2. The number of urea groups is 1. The minimum Gasteiger partial charge on any atom is -0.352 e. The van der Waals surface area contributed by atoms with E-state index in [9.17, 15) is 9.59 Å². The highest BCUT2D eigenvalue weighted by Crippen LogP contribution is 2.09. The maximum atomic E-state index is 11.5. The molecule has 0 aromatic heterocycles. The molecule has 0 fully saturated rings. The van der Waals surface area contributed by atoms with E-state index in [1.54, 1.807) is 12.1 Å². The monoisotopic (exact) mass is 264 g/mol. The van der Waals surface area contributed by atoms with Crippen molar-refractivity contribution in [1.29, 1.82) is 0 Å². The first-order valence-corrected chi connectivity index (χ1v) is 6.15. The Hall–Kier alpha value is -2.08. The molecule has 6 nitrogen and oxygen atoms in total. The van der Waals surface area contributed by atoms with Gasteiger partial charge >= 0.3 is 6.03 Å². The zero-order valence-corrected chi connectivity index (χ0v) is 11.0. The van der Waals surface area contributed by atoms with Crippen molar-refractivity contribution in [2.45, 2.75) is 32.4 Å². The number of anilines is 1. The number of hydrogen-bond acceptors (Lipinski definition) is 3. The minimum atomic E-state index is -0.600. The number of hydrogen-bond donors (Lipinski definition) is 4. The minimum absolute atomic E-state index is 0.0170. The maximum absolute atomic E-state index is 11.5. The van der Waals surface area contributed by atoms with Crippen LogP contribution in [-0.2, 0) is 11.3 Å². The maximum Gasteiger partial charge on any atom is 0.316 e. The van der Waals surface area contributed by atoms with E-state index in [-0.39, 0.29) is 11.9 Å². The van der Waals surface area contributed by atoms with Crippen LogP contribution < -0.4 is 22.1 Å². The van der Waals surface area contributed by atoms with Crippen LogP contribution in [0.1, 0.15) is 25.3 Å². The van der Waals surface area contributed by atoms with Gasteiger partial charge in [0.2, 0.25) is 5.91 Å². The standard InChI is InChI=1S/C13H20N4O2/c1-9(14)2-7-12(18)16-8-10-3-5-11(6-4-10)17-13(15)19/h3-6,9H,2,7-8,14H2,1H3,(H,16,18)(H3,15,17,19). The Morgan fingerprint density at radius 3 is 2.42 bits per heavy atom. The van der Waals surface area contributed by atoms with Gasteiger partial charge in [-0.1, -0.05) is 12.1 Å². The predicted molar refractivity (Wildman–Crippen MR) is 74.4 cm³/mol. The lowest BCUT2D eigenvalue weighted by molar-refractivity contribution is -0.121. The van der Waals surface area contributed by atoms with Gasteiger partial charge in [-0.25, -0.2) is 4.79 Å². The number of rotatable bonds is 6. The fourth-order valence-corrected chi connectivity index (χ4v) is 1.50. The predicted octanol–water partition coefficient (Wildman–Crippen LogP) is 0.921. The number of benzene rings is 1. The summed E-state index contributed by atoms with van der Waals surface area (Å²) in [6, 6.07) is 6.53. The third-order valence-electron chi connectivity index (χ3n) is 2.54. The lowest BCUT2D eigenvalue weighted by atomic mass is 10.1. The molecule has 0 heterocycles. The highest BCUT2D eigenvalue weighted by molar-refractivity contribution is 5.87. The molecule has 6 N–H and O–H groups in total. The molecule has 3 amide bonds. The van der Waals surface area contributed by atoms with Crippen LogP contribution in [-0.4, -0.2) is 18.0 Å². The molecule has 0 saturated carbocycles. The van der Waals surface area contributed by atoms with E-state index in [1.807, 2.05) is 19.1 Å². The van der Waals surface area contributed by atoms with E-state index in [0.29, 0.717) is 25.1 Å². The molecule has 104 valence electrons. The molecule has 0 saturated heterocycles. The van der Waals surface area contributed by atoms with Crippen LogP contribution in [0.2, 0.25) is 0 Å². The summed E-state index contributed by atoms with van der Waals surface area (Å²) in [7, 11) is 0. The first-order valence-electron chi connectivity index (χ1n) is 6.15. The van der Waals surface area contributed by atoms with Gasteiger partial charge in [0.25, 0.3) is 0 Å². The number of carbonyl (C=O) groups is 2. The molecule has 1 rings (SSSR count). The summed E-state index contributed by atoms with van der Waals surface area (Å²) in [5, 5.41) is 5.28. The molecule has 19 heavy (non-hydrogen) atoms. The van der Waals surface area contributed by atoms with Crippen LogP contribution in [0.5, 0.6) is 0 Å². The Labute approximate surface area is 112 Å². The Morgan fingerprint density at radius 1 is 1.26 bits per heavy atom. The van der Waals surface area contributed by atoms with Crippen molar-refractivity contribution in [2.24, 2.45) is 11.5 Å². The molecule has 0 bridgehead atoms. The van der Waals surface area contributed by atoms with Gasteiger partial charge in [0.15, 0.2) is 0 Å². The van der Waals surface area contributed by atoms with Gasteiger partial charge in [0.1, 0.15) is 0 Å². The molecule has 0 aliphatic carbocycles. The smallest absolute Gasteiger partial charge is 0.316 e. The van der Waals surface area contributed by atoms with Crippen LogP contribution in [0.4, 0.5) is 10.5 Å². The van der Waals surface area contributed by atoms with Crippen molar-refractivity contribution in [1.82, 2.24) is 5.32 Å². The third kappa shape index (κ3) is 6.42. The Kier molecular flexibility index (Phi) is 5.81. The molecule has 1 aromatic carbocycles. The van der Waals surface area contributed by atoms with Gasteiger partial charge in [-0.3, -0.25) is 4.79 Å². The number of nitrogens with one attached hydrogen (secondary N) is 2. The molecule has 0 aliphatic heterocycles. The van der Waals surface area contributed by atoms with Crippen molar-refractivity contribution in [3.05, 3.63) is 29.8 Å². The van der Waals surface area contributed by atoms with Crippen LogP contribution in [0.3, 0.4) is 0 Å². The van der Waals surface area contributed by atoms with Crippen LogP contribution in [0, 0.1) is 0 Å². The number of amides is 3. The summed E-state index contributed by atoms with van der Waals surface area (Å²) in [5.74, 6) is -0.0170. The van der Waals surface area contributed by atoms with E-state index in [2.05, 4.69) is 10.6 Å². The fraction of sp³-hybridized carbons (Fsp3) is 0.385. The van der Waals surface area contributed by atoms with E-state index >= 15 is 0 Å². The van der Waals surface area contributed by atoms with Gasteiger partial charge in [-0.05, 0) is 31.0 Å². The highest BCUT2D eigenvalue weighted by Gasteiger charge is 2.03. The molecule has 0 radical (unpaired) electrons. The molecular weight excluding hydrogens is 244 g/mol. The first kappa shape index (κ1) is 15.0. The van der Waals surface area contributed by atoms with Gasteiger partial charge in [-0.15, -0.1) is 0 Å². The van der Waals surface area contributed by atoms with Crippen LogP contribution in [0.15, 0.2) is 24.3 Å². The number of nitrogens with two attached hydrogens (primary N) is 2. The van der Waals surface area contributed by atoms with E-state index in [4.69, 9.17) is 11.5 Å². The van der Waals surface area contributed by atoms with E-state index in [1.165, 1.54) is 0 Å². The fourth-order valence-electron chi connectivity index (χ4n) is 1.50. The van der Waals surface area contributed by atoms with Gasteiger partial charge in [0.05, 0.1) is 0 Å². The summed E-state index contributed by atoms with van der Waals surface area (Å²) in [5.41, 5.74) is 12.2. The highest BCUT2D eigenvalue weighted by atomic mass is 16.2. The van der Waals surface area contributed by atoms with Crippen molar-refractivity contribution in [3.63, 3.8) is 0 Å². The Morgan fingerprint density at radius 2 is 1.89 bits per heavy atom. The average molecular weight is 264 g/mol. The largest absolute Gasteiger partial charge is 0.352 e. The second-order valence-electron chi connectivity index (χ2n) is 4.48. The molecule has 0 spiro atoms. The second-order valence-corrected chi connectivity index (χ2v) is 4.48. The molecule has 1 unspecified atom stereocenters. The third-order valence-corrected chi connectivity index (χ3v) is 2.54. The lowest BCUT2D eigenvalue weighted by Crippen LogP contribution is -2.25. The number of primary amides is 1. The SMILES string of the molecule is CC(N)CCC(=O)NCc1ccc(NC(N)=O)cc1. The van der Waals surface area contributed by atoms with Crippen LogP contribution >= 0.6 is 0 Å². The molecule has 6 heteroatoms. The van der Waals surface area contributed by atoms with E-state index < -0.39 is 6.03 Å². The molecule has 1 aromatic rings. The topological polar surface area (TPSA) is 110 Å². The first-order chi connectivity index (χ1) is 8.97. The summed E-state index contributed by atoms with van der Waals surface area (Å²) in [6.07, 6.45) is 1.10. The molecule has 1 atom stereocenters. The van der Waals surface area contributed by atoms with Crippen molar-refractivity contribution >= 4 is 17.6 Å². The Balaban J connectivity index is 2.37. The van der Waals surface area contributed by atoms with Crippen molar-refractivity contribution in [3.8, 4) is 0 Å². The summed E-state index contributed by atoms with van der Waals surface area (Å²) in [6.45, 7) is 2.33. The van der Waals surface area contributed by atoms with Crippen molar-refractivity contribution in [2.75, 3.05) is 5.32 Å². The summed E-state index contributed by atoms with van der Waals surface area (Å²) >= 11 is 0. The van der Waals surface area contributed by atoms with Crippen LogP contribution in [0.25, 0.3) is 0 Å². The van der Waals surface area contributed by atoms with Gasteiger partial charge in [0, 0.05) is 24.7 Å². The zero-order chi connectivity index (χ0) is 14.3. The second kappa shape index (κ2) is 7.38. The Bertz CT molecular complexity index is 429. The molecule has 0 aliphatic rings. The quantitative estimate of drug-likeness (QED) is 0.613.